The van der Waals surface area contributed by atoms with Gasteiger partial charge in [0.05, 0.1) is 0 Å². The van der Waals surface area contributed by atoms with E-state index >= 15 is 0 Å². The third kappa shape index (κ3) is 6.55. The number of nitrogens with zero attached hydrogens (tertiary/aromatic N) is 2. The van der Waals surface area contributed by atoms with Crippen LogP contribution >= 0.6 is 0 Å². The van der Waals surface area contributed by atoms with E-state index in [2.05, 4.69) is 49.9 Å². The van der Waals surface area contributed by atoms with Crippen LogP contribution in [-0.2, 0) is 0 Å². The van der Waals surface area contributed by atoms with Gasteiger partial charge in [-0.15, -0.1) is 0 Å². The van der Waals surface area contributed by atoms with Gasteiger partial charge >= 0.3 is 0 Å². The second kappa shape index (κ2) is 9.75. The first-order valence-electron chi connectivity index (χ1n) is 8.70. The summed E-state index contributed by atoms with van der Waals surface area (Å²) in [5.74, 6) is 0.845. The minimum Gasteiger partial charge on any atom is -0.314 e. The Morgan fingerprint density at radius 1 is 1.30 bits per heavy atom. The van der Waals surface area contributed by atoms with Gasteiger partial charge in [-0.05, 0) is 85.6 Å². The maximum atomic E-state index is 3.76. The lowest BCUT2D eigenvalue weighted by atomic mass is 9.91. The average Bonchev–Trinajstić information content (AvgIpc) is 2.43. The molecule has 1 N–H and O–H groups in total. The quantitative estimate of drug-likeness (QED) is 0.657. The van der Waals surface area contributed by atoms with Crippen molar-refractivity contribution in [2.75, 3.05) is 39.8 Å². The molecule has 0 amide bonds. The van der Waals surface area contributed by atoms with Gasteiger partial charge in [-0.25, -0.2) is 0 Å². The molecule has 0 aromatic rings. The van der Waals surface area contributed by atoms with Gasteiger partial charge < -0.3 is 15.1 Å². The van der Waals surface area contributed by atoms with Crippen molar-refractivity contribution in [3.63, 3.8) is 0 Å². The summed E-state index contributed by atoms with van der Waals surface area (Å²) in [5, 5.41) is 3.76. The van der Waals surface area contributed by atoms with E-state index in [1.807, 2.05) is 0 Å². The zero-order valence-corrected chi connectivity index (χ0v) is 14.5. The zero-order chi connectivity index (χ0) is 15.0. The third-order valence-electron chi connectivity index (χ3n) is 4.82. The number of nitrogens with one attached hydrogen (secondary N) is 1. The Balaban J connectivity index is 2.16. The summed E-state index contributed by atoms with van der Waals surface area (Å²) in [7, 11) is 2.22. The van der Waals surface area contributed by atoms with Crippen LogP contribution in [0.4, 0.5) is 0 Å². The second-order valence-corrected chi connectivity index (χ2v) is 6.87. The second-order valence-electron chi connectivity index (χ2n) is 6.87. The Labute approximate surface area is 127 Å². The van der Waals surface area contributed by atoms with Crippen molar-refractivity contribution in [2.24, 2.45) is 5.92 Å². The van der Waals surface area contributed by atoms with Crippen LogP contribution in [0.3, 0.4) is 0 Å². The number of piperidine rings is 1. The fraction of sp³-hybridized carbons (Fsp3) is 1.00. The van der Waals surface area contributed by atoms with Gasteiger partial charge in [-0.3, -0.25) is 0 Å². The highest BCUT2D eigenvalue weighted by Gasteiger charge is 2.23. The van der Waals surface area contributed by atoms with Crippen LogP contribution in [0.15, 0.2) is 0 Å². The maximum absolute atomic E-state index is 3.76. The molecule has 1 heterocycles. The van der Waals surface area contributed by atoms with Gasteiger partial charge in [-0.1, -0.05) is 6.92 Å². The molecular formula is C17H37N3. The van der Waals surface area contributed by atoms with Crippen LogP contribution in [-0.4, -0.2) is 61.7 Å². The largest absolute Gasteiger partial charge is 0.314 e. The molecule has 1 aliphatic heterocycles. The summed E-state index contributed by atoms with van der Waals surface area (Å²) in [6, 6.07) is 1.33. The topological polar surface area (TPSA) is 18.5 Å². The Bertz CT molecular complexity index is 240. The lowest BCUT2D eigenvalue weighted by Gasteiger charge is -2.36. The molecule has 1 aliphatic rings. The van der Waals surface area contributed by atoms with Gasteiger partial charge in [0.25, 0.3) is 0 Å². The number of rotatable bonds is 9. The van der Waals surface area contributed by atoms with Gasteiger partial charge in [0.2, 0.25) is 0 Å². The van der Waals surface area contributed by atoms with Crippen molar-refractivity contribution in [2.45, 2.75) is 65.5 Å². The average molecular weight is 284 g/mol. The fourth-order valence-electron chi connectivity index (χ4n) is 3.10. The number of hydrogen-bond donors (Lipinski definition) is 1. The van der Waals surface area contributed by atoms with E-state index < -0.39 is 0 Å². The molecule has 2 unspecified atom stereocenters. The molecule has 120 valence electrons. The summed E-state index contributed by atoms with van der Waals surface area (Å²) in [6.45, 7) is 15.4. The summed E-state index contributed by atoms with van der Waals surface area (Å²) in [6.07, 6.45) is 5.33. The van der Waals surface area contributed by atoms with E-state index in [-0.39, 0.29) is 0 Å². The smallest absolute Gasteiger partial charge is 0.00792 e. The van der Waals surface area contributed by atoms with Gasteiger partial charge in [-0.2, -0.15) is 0 Å². The molecular weight excluding hydrogens is 246 g/mol. The van der Waals surface area contributed by atoms with E-state index in [1.54, 1.807) is 0 Å². The van der Waals surface area contributed by atoms with Gasteiger partial charge in [0.1, 0.15) is 0 Å². The first kappa shape index (κ1) is 17.9. The van der Waals surface area contributed by atoms with Crippen molar-refractivity contribution >= 4 is 0 Å². The molecule has 0 spiro atoms. The first-order chi connectivity index (χ1) is 9.54. The molecule has 3 nitrogen and oxygen atoms in total. The molecule has 2 atom stereocenters. The predicted molar refractivity (Wildman–Crippen MR) is 89.3 cm³/mol. The van der Waals surface area contributed by atoms with Crippen LogP contribution in [0.5, 0.6) is 0 Å². The molecule has 1 saturated heterocycles. The number of hydrogen-bond acceptors (Lipinski definition) is 3. The predicted octanol–water partition coefficient (Wildman–Crippen LogP) is 2.82. The van der Waals surface area contributed by atoms with Crippen LogP contribution in [0.2, 0.25) is 0 Å². The zero-order valence-electron chi connectivity index (χ0n) is 14.5. The van der Waals surface area contributed by atoms with Crippen molar-refractivity contribution in [3.05, 3.63) is 0 Å². The Morgan fingerprint density at radius 2 is 2.05 bits per heavy atom. The molecule has 0 aromatic heterocycles. The van der Waals surface area contributed by atoms with Crippen LogP contribution < -0.4 is 5.32 Å². The molecule has 0 radical (unpaired) electrons. The Morgan fingerprint density at radius 3 is 2.70 bits per heavy atom. The van der Waals surface area contributed by atoms with E-state index in [1.165, 1.54) is 51.9 Å². The molecule has 0 saturated carbocycles. The van der Waals surface area contributed by atoms with Gasteiger partial charge in [0.15, 0.2) is 0 Å². The Hall–Kier alpha value is -0.120. The fourth-order valence-corrected chi connectivity index (χ4v) is 3.10. The monoisotopic (exact) mass is 283 g/mol. The van der Waals surface area contributed by atoms with Crippen molar-refractivity contribution in [1.29, 1.82) is 0 Å². The van der Waals surface area contributed by atoms with E-state index in [0.717, 1.165) is 12.5 Å². The molecule has 0 bridgehead atoms. The van der Waals surface area contributed by atoms with Crippen molar-refractivity contribution < 1.29 is 0 Å². The summed E-state index contributed by atoms with van der Waals surface area (Å²) >= 11 is 0. The summed E-state index contributed by atoms with van der Waals surface area (Å²) in [4.78, 5) is 5.08. The van der Waals surface area contributed by atoms with Crippen molar-refractivity contribution in [3.8, 4) is 0 Å². The van der Waals surface area contributed by atoms with Crippen molar-refractivity contribution in [1.82, 2.24) is 15.1 Å². The molecule has 1 rings (SSSR count). The van der Waals surface area contributed by atoms with Crippen LogP contribution in [0.1, 0.15) is 53.4 Å². The highest BCUT2D eigenvalue weighted by Crippen LogP contribution is 2.19. The molecule has 20 heavy (non-hydrogen) atoms. The van der Waals surface area contributed by atoms with Crippen LogP contribution in [0.25, 0.3) is 0 Å². The number of likely N-dealkylation sites (tertiary alicyclic amines) is 1. The maximum Gasteiger partial charge on any atom is 0.00792 e. The lowest BCUT2D eigenvalue weighted by Crippen LogP contribution is -2.45. The van der Waals surface area contributed by atoms with E-state index in [4.69, 9.17) is 0 Å². The summed E-state index contributed by atoms with van der Waals surface area (Å²) < 4.78 is 0. The molecule has 1 fully saturated rings. The standard InChI is InChI=1S/C17H37N3/c1-6-11-20-13-7-9-17(14-20)16(4)18-10-8-12-19(5)15(2)3/h15-18H,6-14H2,1-5H3. The van der Waals surface area contributed by atoms with Gasteiger partial charge in [0, 0.05) is 18.6 Å². The molecule has 3 heteroatoms. The molecule has 0 aromatic carbocycles. The minimum absolute atomic E-state index is 0.661. The first-order valence-corrected chi connectivity index (χ1v) is 8.70. The highest BCUT2D eigenvalue weighted by atomic mass is 15.1. The van der Waals surface area contributed by atoms with Crippen LogP contribution in [0, 0.1) is 5.92 Å². The normalized spacial score (nSPS) is 22.6. The highest BCUT2D eigenvalue weighted by molar-refractivity contribution is 4.80. The summed E-state index contributed by atoms with van der Waals surface area (Å²) in [5.41, 5.74) is 0. The lowest BCUT2D eigenvalue weighted by molar-refractivity contribution is 0.150. The third-order valence-corrected chi connectivity index (χ3v) is 4.82. The molecule has 0 aliphatic carbocycles. The SMILES string of the molecule is CCCN1CCCC(C(C)NCCCN(C)C(C)C)C1. The minimum atomic E-state index is 0.661. The van der Waals surface area contributed by atoms with E-state index in [0.29, 0.717) is 12.1 Å². The Kier molecular flexibility index (Phi) is 8.74. The van der Waals surface area contributed by atoms with E-state index in [9.17, 15) is 0 Å².